The van der Waals surface area contributed by atoms with E-state index in [2.05, 4.69) is 27.4 Å². The van der Waals surface area contributed by atoms with Crippen molar-refractivity contribution in [1.82, 2.24) is 29.8 Å². The minimum Gasteiger partial charge on any atom is -0.507 e. The number of nitrogens with two attached hydrogens (primary N) is 1. The van der Waals surface area contributed by atoms with Crippen molar-refractivity contribution in [2.45, 2.75) is 13.0 Å². The Hall–Kier alpha value is -5.41. The summed E-state index contributed by atoms with van der Waals surface area (Å²) >= 11 is 0. The minimum absolute atomic E-state index is 0.00918. The van der Waals surface area contributed by atoms with E-state index in [1.165, 1.54) is 0 Å². The number of aromatic hydroxyl groups is 1. The van der Waals surface area contributed by atoms with Gasteiger partial charge in [0, 0.05) is 36.4 Å². The molecule has 4 heterocycles. The standard InChI is InChI=1S/C32H27N7O2/c33-30-26(2-1-14-36-30)31-38-28-10-9-27(23-12-16-34-17-13-23)37-32(28)39(31)25-7-4-22(5-8-25)19-35-15-11-21-3-6-24(20-40)29(41)18-21/h1-10,12-14,16-18,20,35,41H,11,15,19H2,(H2,33,36). The summed E-state index contributed by atoms with van der Waals surface area (Å²) in [5.74, 6) is 1.07. The largest absolute Gasteiger partial charge is 0.507 e. The Balaban J connectivity index is 1.27. The van der Waals surface area contributed by atoms with Crippen LogP contribution >= 0.6 is 0 Å². The van der Waals surface area contributed by atoms with Crippen molar-refractivity contribution >= 4 is 23.3 Å². The first-order chi connectivity index (χ1) is 20.1. The number of aldehydes is 1. The molecule has 6 aromatic rings. The van der Waals surface area contributed by atoms with Crippen LogP contribution in [0.5, 0.6) is 5.75 Å². The summed E-state index contributed by atoms with van der Waals surface area (Å²) in [7, 11) is 0. The van der Waals surface area contributed by atoms with E-state index in [0.717, 1.165) is 52.1 Å². The third-order valence-corrected chi connectivity index (χ3v) is 6.90. The normalized spacial score (nSPS) is 11.1. The lowest BCUT2D eigenvalue weighted by molar-refractivity contribution is 0.112. The molecule has 0 aliphatic rings. The first-order valence-corrected chi connectivity index (χ1v) is 13.2. The number of nitrogens with one attached hydrogen (secondary N) is 1. The molecule has 202 valence electrons. The Morgan fingerprint density at radius 2 is 1.71 bits per heavy atom. The van der Waals surface area contributed by atoms with Crippen LogP contribution in [0.25, 0.3) is 39.5 Å². The van der Waals surface area contributed by atoms with Crippen molar-refractivity contribution in [3.63, 3.8) is 0 Å². The maximum absolute atomic E-state index is 10.9. The molecular weight excluding hydrogens is 514 g/mol. The van der Waals surface area contributed by atoms with Gasteiger partial charge in [-0.25, -0.2) is 15.0 Å². The van der Waals surface area contributed by atoms with E-state index in [0.29, 0.717) is 35.7 Å². The number of carbonyl (C=O) groups excluding carboxylic acids is 1. The van der Waals surface area contributed by atoms with Crippen molar-refractivity contribution in [3.8, 4) is 34.1 Å². The predicted octanol–water partition coefficient (Wildman–Crippen LogP) is 4.98. The summed E-state index contributed by atoms with van der Waals surface area (Å²) in [6.07, 6.45) is 6.54. The van der Waals surface area contributed by atoms with Gasteiger partial charge in [0.15, 0.2) is 17.8 Å². The van der Waals surface area contributed by atoms with Crippen LogP contribution in [0.15, 0.2) is 97.5 Å². The van der Waals surface area contributed by atoms with Crippen molar-refractivity contribution < 1.29 is 9.90 Å². The van der Waals surface area contributed by atoms with Crippen molar-refractivity contribution in [2.24, 2.45) is 0 Å². The van der Waals surface area contributed by atoms with Gasteiger partial charge in [-0.1, -0.05) is 18.2 Å². The summed E-state index contributed by atoms with van der Waals surface area (Å²) in [6, 6.07) is 24.9. The molecule has 0 atom stereocenters. The van der Waals surface area contributed by atoms with Gasteiger partial charge in [0.05, 0.1) is 16.8 Å². The molecule has 0 radical (unpaired) electrons. The number of aromatic nitrogens is 5. The number of nitrogens with zero attached hydrogens (tertiary/aromatic N) is 5. The monoisotopic (exact) mass is 541 g/mol. The second kappa shape index (κ2) is 11.4. The molecule has 0 aliphatic heterocycles. The number of hydrogen-bond donors (Lipinski definition) is 3. The smallest absolute Gasteiger partial charge is 0.165 e. The average Bonchev–Trinajstić information content (AvgIpc) is 3.39. The van der Waals surface area contributed by atoms with E-state index in [1.807, 2.05) is 59.2 Å². The van der Waals surface area contributed by atoms with Crippen LogP contribution in [0, 0.1) is 0 Å². The Kier molecular flexibility index (Phi) is 7.17. The van der Waals surface area contributed by atoms with E-state index in [1.54, 1.807) is 30.7 Å². The molecule has 0 saturated heterocycles. The van der Waals surface area contributed by atoms with E-state index in [4.69, 9.17) is 15.7 Å². The minimum atomic E-state index is 0.00918. The summed E-state index contributed by atoms with van der Waals surface area (Å²) in [4.78, 5) is 29.2. The average molecular weight is 542 g/mol. The second-order valence-corrected chi connectivity index (χ2v) is 9.59. The molecule has 0 saturated carbocycles. The van der Waals surface area contributed by atoms with Crippen molar-refractivity contribution in [3.05, 3.63) is 114 Å². The molecule has 0 fully saturated rings. The first-order valence-electron chi connectivity index (χ1n) is 13.2. The van der Waals surface area contributed by atoms with Gasteiger partial charge >= 0.3 is 0 Å². The molecule has 41 heavy (non-hydrogen) atoms. The molecule has 0 amide bonds. The second-order valence-electron chi connectivity index (χ2n) is 9.59. The molecule has 0 bridgehead atoms. The van der Waals surface area contributed by atoms with Crippen LogP contribution in [0.3, 0.4) is 0 Å². The lowest BCUT2D eigenvalue weighted by Gasteiger charge is -2.12. The quantitative estimate of drug-likeness (QED) is 0.173. The van der Waals surface area contributed by atoms with Gasteiger partial charge in [-0.2, -0.15) is 0 Å². The molecule has 0 unspecified atom stereocenters. The fourth-order valence-electron chi connectivity index (χ4n) is 4.75. The highest BCUT2D eigenvalue weighted by Crippen LogP contribution is 2.31. The highest BCUT2D eigenvalue weighted by atomic mass is 16.3. The summed E-state index contributed by atoms with van der Waals surface area (Å²) in [5.41, 5.74) is 13.5. The molecule has 9 heteroatoms. The third kappa shape index (κ3) is 5.39. The van der Waals surface area contributed by atoms with Gasteiger partial charge in [-0.15, -0.1) is 0 Å². The van der Waals surface area contributed by atoms with Gasteiger partial charge in [0.1, 0.15) is 17.1 Å². The molecule has 4 aromatic heterocycles. The van der Waals surface area contributed by atoms with Gasteiger partial charge < -0.3 is 16.2 Å². The van der Waals surface area contributed by atoms with Crippen LogP contribution in [-0.4, -0.2) is 42.4 Å². The topological polar surface area (TPSA) is 132 Å². The molecule has 0 spiro atoms. The molecule has 6 rings (SSSR count). The lowest BCUT2D eigenvalue weighted by atomic mass is 10.1. The van der Waals surface area contributed by atoms with E-state index in [-0.39, 0.29) is 5.75 Å². The fraction of sp³-hybridized carbons (Fsp3) is 0.0938. The van der Waals surface area contributed by atoms with E-state index in [9.17, 15) is 9.90 Å². The number of fused-ring (bicyclic) bond motifs is 1. The van der Waals surface area contributed by atoms with Gasteiger partial charge in [-0.3, -0.25) is 14.3 Å². The number of carbonyl (C=O) groups is 1. The predicted molar refractivity (Wildman–Crippen MR) is 159 cm³/mol. The lowest BCUT2D eigenvalue weighted by Crippen LogP contribution is -2.16. The Bertz CT molecular complexity index is 1830. The summed E-state index contributed by atoms with van der Waals surface area (Å²) in [5, 5.41) is 13.3. The maximum Gasteiger partial charge on any atom is 0.165 e. The molecule has 2 aromatic carbocycles. The number of nitrogen functional groups attached to an aromatic ring is 1. The number of phenols is 1. The van der Waals surface area contributed by atoms with Crippen LogP contribution in [0.2, 0.25) is 0 Å². The zero-order chi connectivity index (χ0) is 28.2. The highest BCUT2D eigenvalue weighted by Gasteiger charge is 2.18. The first kappa shape index (κ1) is 25.8. The number of hydrogen-bond acceptors (Lipinski definition) is 8. The zero-order valence-electron chi connectivity index (χ0n) is 22.1. The summed E-state index contributed by atoms with van der Waals surface area (Å²) in [6.45, 7) is 1.40. The van der Waals surface area contributed by atoms with E-state index < -0.39 is 0 Å². The SMILES string of the molecule is Nc1ncccc1-c1nc2ccc(-c3ccncc3)nc2n1-c1ccc(CNCCc2ccc(C=O)c(O)c2)cc1. The molecule has 9 nitrogen and oxygen atoms in total. The number of imidazole rings is 1. The summed E-state index contributed by atoms with van der Waals surface area (Å²) < 4.78 is 2.01. The number of benzene rings is 2. The van der Waals surface area contributed by atoms with Crippen molar-refractivity contribution in [2.75, 3.05) is 12.3 Å². The number of phenolic OH excluding ortho intramolecular Hbond substituents is 1. The number of rotatable bonds is 9. The molecule has 0 aliphatic carbocycles. The Morgan fingerprint density at radius 1 is 0.902 bits per heavy atom. The van der Waals surface area contributed by atoms with E-state index >= 15 is 0 Å². The van der Waals surface area contributed by atoms with Crippen LogP contribution < -0.4 is 11.1 Å². The van der Waals surface area contributed by atoms with Gasteiger partial charge in [0.25, 0.3) is 0 Å². The molecule has 4 N–H and O–H groups in total. The van der Waals surface area contributed by atoms with Gasteiger partial charge in [0.2, 0.25) is 0 Å². The van der Waals surface area contributed by atoms with Crippen molar-refractivity contribution in [1.29, 1.82) is 0 Å². The third-order valence-electron chi connectivity index (χ3n) is 6.90. The van der Waals surface area contributed by atoms with Crippen LogP contribution in [-0.2, 0) is 13.0 Å². The Labute approximate surface area is 236 Å². The highest BCUT2D eigenvalue weighted by molar-refractivity contribution is 5.84. The van der Waals surface area contributed by atoms with Crippen LogP contribution in [0.1, 0.15) is 21.5 Å². The van der Waals surface area contributed by atoms with Gasteiger partial charge in [-0.05, 0) is 84.8 Å². The molecular formula is C32H27N7O2. The number of pyridine rings is 3. The number of anilines is 1. The van der Waals surface area contributed by atoms with Crippen LogP contribution in [0.4, 0.5) is 5.82 Å². The fourth-order valence-corrected chi connectivity index (χ4v) is 4.75. The Morgan fingerprint density at radius 3 is 2.46 bits per heavy atom. The maximum atomic E-state index is 10.9. The zero-order valence-corrected chi connectivity index (χ0v) is 22.1.